The number of aryl methyl sites for hydroxylation is 2. The molecular formula is C17H17Cl2NO2. The molecule has 0 spiro atoms. The van der Waals surface area contributed by atoms with Crippen molar-refractivity contribution < 1.29 is 9.53 Å². The number of halogens is 2. The van der Waals surface area contributed by atoms with Gasteiger partial charge in [-0.2, -0.15) is 0 Å². The van der Waals surface area contributed by atoms with Crippen LogP contribution in [0.3, 0.4) is 0 Å². The summed E-state index contributed by atoms with van der Waals surface area (Å²) in [6.45, 7) is 1.92. The van der Waals surface area contributed by atoms with Crippen molar-refractivity contribution in [3.8, 4) is 5.75 Å². The van der Waals surface area contributed by atoms with Gasteiger partial charge in [-0.3, -0.25) is 4.79 Å². The number of hydrogen-bond donors (Lipinski definition) is 1. The Labute approximate surface area is 140 Å². The van der Waals surface area contributed by atoms with E-state index >= 15 is 0 Å². The number of nitrogens with one attached hydrogen (secondary N) is 1. The molecule has 5 heteroatoms. The van der Waals surface area contributed by atoms with E-state index in [0.717, 1.165) is 11.1 Å². The number of rotatable bonds is 5. The second-order valence-corrected chi connectivity index (χ2v) is 5.73. The third-order valence-electron chi connectivity index (χ3n) is 3.34. The van der Waals surface area contributed by atoms with Crippen LogP contribution in [0.2, 0.25) is 10.0 Å². The number of carbonyl (C=O) groups excluding carboxylic acids is 1. The zero-order valence-electron chi connectivity index (χ0n) is 12.5. The predicted molar refractivity (Wildman–Crippen MR) is 91.1 cm³/mol. The van der Waals surface area contributed by atoms with Crippen molar-refractivity contribution >= 4 is 34.8 Å². The van der Waals surface area contributed by atoms with Gasteiger partial charge in [0.15, 0.2) is 0 Å². The minimum absolute atomic E-state index is 0.0844. The van der Waals surface area contributed by atoms with E-state index in [1.807, 2.05) is 31.2 Å². The first-order chi connectivity index (χ1) is 10.5. The van der Waals surface area contributed by atoms with Gasteiger partial charge in [-0.25, -0.2) is 0 Å². The van der Waals surface area contributed by atoms with E-state index in [4.69, 9.17) is 27.9 Å². The summed E-state index contributed by atoms with van der Waals surface area (Å²) in [4.78, 5) is 12.0. The van der Waals surface area contributed by atoms with Crippen molar-refractivity contribution in [2.75, 3.05) is 12.4 Å². The lowest BCUT2D eigenvalue weighted by atomic mass is 10.1. The molecule has 3 nitrogen and oxygen atoms in total. The van der Waals surface area contributed by atoms with E-state index in [0.29, 0.717) is 34.3 Å². The Bertz CT molecular complexity index is 686. The van der Waals surface area contributed by atoms with Crippen LogP contribution in [0.5, 0.6) is 5.75 Å². The van der Waals surface area contributed by atoms with Crippen molar-refractivity contribution in [3.63, 3.8) is 0 Å². The Hall–Kier alpha value is -1.71. The van der Waals surface area contributed by atoms with Gasteiger partial charge in [0.25, 0.3) is 0 Å². The molecule has 0 bridgehead atoms. The Kier molecular flexibility index (Phi) is 5.69. The number of hydrogen-bond acceptors (Lipinski definition) is 2. The van der Waals surface area contributed by atoms with E-state index in [1.54, 1.807) is 19.2 Å². The molecule has 22 heavy (non-hydrogen) atoms. The summed E-state index contributed by atoms with van der Waals surface area (Å²) in [5.41, 5.74) is 2.55. The summed E-state index contributed by atoms with van der Waals surface area (Å²) in [7, 11) is 1.57. The average Bonchev–Trinajstić information content (AvgIpc) is 2.50. The molecule has 0 aliphatic carbocycles. The molecule has 0 aromatic heterocycles. The summed E-state index contributed by atoms with van der Waals surface area (Å²) in [5.74, 6) is 0.531. The van der Waals surface area contributed by atoms with Crippen molar-refractivity contribution in [2.45, 2.75) is 19.8 Å². The molecule has 0 saturated carbocycles. The van der Waals surface area contributed by atoms with Crippen LogP contribution in [0.25, 0.3) is 0 Å². The lowest BCUT2D eigenvalue weighted by Gasteiger charge is -2.09. The number of carbonyl (C=O) groups is 1. The molecule has 0 aliphatic heterocycles. The third-order valence-corrected chi connectivity index (χ3v) is 4.18. The van der Waals surface area contributed by atoms with Crippen LogP contribution in [0.4, 0.5) is 5.69 Å². The first-order valence-corrected chi connectivity index (χ1v) is 7.64. The second-order valence-electron chi connectivity index (χ2n) is 4.95. The summed E-state index contributed by atoms with van der Waals surface area (Å²) in [6, 6.07) is 11.0. The average molecular weight is 338 g/mol. The maximum Gasteiger partial charge on any atom is 0.224 e. The van der Waals surface area contributed by atoms with E-state index in [2.05, 4.69) is 5.32 Å². The Morgan fingerprint density at radius 1 is 1.23 bits per heavy atom. The summed E-state index contributed by atoms with van der Waals surface area (Å²) in [5, 5.41) is 4.02. The number of ether oxygens (including phenoxy) is 1. The van der Waals surface area contributed by atoms with E-state index < -0.39 is 0 Å². The standard InChI is InChI=1S/C17H17Cl2NO2/c1-11-6-8-13(10-14(11)18)20-16(21)9-7-12-4-3-5-15(22-2)17(12)19/h3-6,8,10H,7,9H2,1-2H3,(H,20,21). The first kappa shape index (κ1) is 16.7. The van der Waals surface area contributed by atoms with Crippen LogP contribution < -0.4 is 10.1 Å². The van der Waals surface area contributed by atoms with Gasteiger partial charge in [-0.1, -0.05) is 41.4 Å². The van der Waals surface area contributed by atoms with E-state index in [-0.39, 0.29) is 5.91 Å². The molecule has 1 N–H and O–H groups in total. The molecule has 0 atom stereocenters. The molecule has 0 radical (unpaired) electrons. The number of amides is 1. The Morgan fingerprint density at radius 2 is 2.00 bits per heavy atom. The highest BCUT2D eigenvalue weighted by atomic mass is 35.5. The largest absolute Gasteiger partial charge is 0.495 e. The fraction of sp³-hybridized carbons (Fsp3) is 0.235. The molecule has 2 aromatic rings. The highest BCUT2D eigenvalue weighted by Crippen LogP contribution is 2.28. The fourth-order valence-corrected chi connectivity index (χ4v) is 2.53. The van der Waals surface area contributed by atoms with Crippen LogP contribution in [-0.4, -0.2) is 13.0 Å². The number of benzene rings is 2. The highest BCUT2D eigenvalue weighted by Gasteiger charge is 2.09. The fourth-order valence-electron chi connectivity index (χ4n) is 2.05. The van der Waals surface area contributed by atoms with Crippen LogP contribution in [-0.2, 0) is 11.2 Å². The third kappa shape index (κ3) is 4.15. The van der Waals surface area contributed by atoms with Crippen molar-refractivity contribution in [1.29, 1.82) is 0 Å². The van der Waals surface area contributed by atoms with E-state index in [9.17, 15) is 4.79 Å². The molecular weight excluding hydrogens is 321 g/mol. The van der Waals surface area contributed by atoms with Gasteiger partial charge in [0.05, 0.1) is 12.1 Å². The number of methoxy groups -OCH3 is 1. The lowest BCUT2D eigenvalue weighted by Crippen LogP contribution is -2.12. The van der Waals surface area contributed by atoms with Gasteiger partial charge in [0.1, 0.15) is 5.75 Å². The number of anilines is 1. The van der Waals surface area contributed by atoms with Gasteiger partial charge in [-0.15, -0.1) is 0 Å². The van der Waals surface area contributed by atoms with Crippen LogP contribution in [0.15, 0.2) is 36.4 Å². The quantitative estimate of drug-likeness (QED) is 0.844. The van der Waals surface area contributed by atoms with Crippen molar-refractivity contribution in [1.82, 2.24) is 0 Å². The molecule has 0 aliphatic rings. The molecule has 0 heterocycles. The van der Waals surface area contributed by atoms with Gasteiger partial charge < -0.3 is 10.1 Å². The van der Waals surface area contributed by atoms with Gasteiger partial charge in [0.2, 0.25) is 5.91 Å². The normalized spacial score (nSPS) is 10.4. The molecule has 0 saturated heterocycles. The summed E-state index contributed by atoms with van der Waals surface area (Å²) in [6.07, 6.45) is 0.875. The molecule has 116 valence electrons. The van der Waals surface area contributed by atoms with Crippen molar-refractivity contribution in [2.24, 2.45) is 0 Å². The van der Waals surface area contributed by atoms with Crippen LogP contribution in [0, 0.1) is 6.92 Å². The zero-order valence-corrected chi connectivity index (χ0v) is 14.0. The van der Waals surface area contributed by atoms with Crippen LogP contribution in [0.1, 0.15) is 17.5 Å². The maximum atomic E-state index is 12.0. The van der Waals surface area contributed by atoms with Gasteiger partial charge >= 0.3 is 0 Å². The van der Waals surface area contributed by atoms with Crippen molar-refractivity contribution in [3.05, 3.63) is 57.6 Å². The van der Waals surface area contributed by atoms with Crippen LogP contribution >= 0.6 is 23.2 Å². The van der Waals surface area contributed by atoms with Gasteiger partial charge in [-0.05, 0) is 42.7 Å². The molecule has 0 fully saturated rings. The summed E-state index contributed by atoms with van der Waals surface area (Å²) < 4.78 is 5.17. The minimum Gasteiger partial charge on any atom is -0.495 e. The smallest absolute Gasteiger partial charge is 0.224 e. The first-order valence-electron chi connectivity index (χ1n) is 6.88. The monoisotopic (exact) mass is 337 g/mol. The van der Waals surface area contributed by atoms with Gasteiger partial charge in [0, 0.05) is 17.1 Å². The molecule has 2 rings (SSSR count). The van der Waals surface area contributed by atoms with E-state index in [1.165, 1.54) is 0 Å². The minimum atomic E-state index is -0.0844. The Morgan fingerprint density at radius 3 is 2.68 bits per heavy atom. The zero-order chi connectivity index (χ0) is 16.1. The Balaban J connectivity index is 1.97. The molecule has 2 aromatic carbocycles. The lowest BCUT2D eigenvalue weighted by molar-refractivity contribution is -0.116. The second kappa shape index (κ2) is 7.52. The molecule has 1 amide bonds. The maximum absolute atomic E-state index is 12.0. The SMILES string of the molecule is COc1cccc(CCC(=O)Nc2ccc(C)c(Cl)c2)c1Cl. The predicted octanol–water partition coefficient (Wildman–Crippen LogP) is 4.88. The topological polar surface area (TPSA) is 38.3 Å². The molecule has 0 unspecified atom stereocenters. The summed E-state index contributed by atoms with van der Waals surface area (Å²) >= 11 is 12.3. The highest BCUT2D eigenvalue weighted by molar-refractivity contribution is 6.33.